The van der Waals surface area contributed by atoms with Gasteiger partial charge in [0.05, 0.1) is 34.8 Å². The Balaban J connectivity index is 0.000000217. The Hall–Kier alpha value is -5.72. The predicted octanol–water partition coefficient (Wildman–Crippen LogP) is 7.77. The van der Waals surface area contributed by atoms with Gasteiger partial charge in [0, 0.05) is 65.7 Å². The van der Waals surface area contributed by atoms with Gasteiger partial charge in [-0.2, -0.15) is 5.10 Å². The molecular formula is C42H45FN8O3. The van der Waals surface area contributed by atoms with E-state index in [0.29, 0.717) is 23.8 Å². The molecule has 11 nitrogen and oxygen atoms in total. The second-order valence-electron chi connectivity index (χ2n) is 13.7. The summed E-state index contributed by atoms with van der Waals surface area (Å²) in [6, 6.07) is 25.4. The van der Waals surface area contributed by atoms with Crippen LogP contribution in [-0.2, 0) is 29.7 Å². The topological polar surface area (TPSA) is 123 Å². The average Bonchev–Trinajstić information content (AvgIpc) is 3.68. The lowest BCUT2D eigenvalue weighted by molar-refractivity contribution is -0.105. The number of aromatic amines is 1. The number of nitrogens with one attached hydrogen (secondary N) is 2. The largest absolute Gasteiger partial charge is 0.473 e. The van der Waals surface area contributed by atoms with Crippen LogP contribution < -0.4 is 10.1 Å². The molecule has 7 aromatic rings. The van der Waals surface area contributed by atoms with Crippen molar-refractivity contribution in [2.24, 2.45) is 7.05 Å². The van der Waals surface area contributed by atoms with Gasteiger partial charge in [0.25, 0.3) is 0 Å². The molecular weight excluding hydrogens is 684 g/mol. The van der Waals surface area contributed by atoms with Crippen molar-refractivity contribution in [3.8, 4) is 5.88 Å². The summed E-state index contributed by atoms with van der Waals surface area (Å²) in [5, 5.41) is 11.4. The number of aromatic nitrogens is 6. The van der Waals surface area contributed by atoms with Crippen molar-refractivity contribution in [1.82, 2.24) is 34.6 Å². The van der Waals surface area contributed by atoms with Gasteiger partial charge in [-0.25, -0.2) is 14.4 Å². The number of imidazole rings is 1. The minimum atomic E-state index is -0.363. The van der Waals surface area contributed by atoms with Gasteiger partial charge in [-0.15, -0.1) is 0 Å². The molecule has 54 heavy (non-hydrogen) atoms. The minimum Gasteiger partial charge on any atom is -0.473 e. The third-order valence-corrected chi connectivity index (χ3v) is 9.99. The fraction of sp³-hybridized carbons (Fsp3) is 0.310. The summed E-state index contributed by atoms with van der Waals surface area (Å²) in [5.74, 6) is 1.64. The van der Waals surface area contributed by atoms with E-state index >= 15 is 0 Å². The quantitative estimate of drug-likeness (QED) is 0.152. The van der Waals surface area contributed by atoms with Crippen LogP contribution in [0.5, 0.6) is 5.88 Å². The number of aryl methyl sites for hydroxylation is 3. The van der Waals surface area contributed by atoms with Crippen molar-refractivity contribution in [1.29, 1.82) is 0 Å². The fourth-order valence-corrected chi connectivity index (χ4v) is 6.73. The number of pyridine rings is 2. The number of carbonyl (C=O) groups excluding carboxylic acids is 1. The minimum absolute atomic E-state index is 0.112. The molecule has 2 aliphatic heterocycles. The molecule has 0 saturated carbocycles. The van der Waals surface area contributed by atoms with E-state index in [1.54, 1.807) is 0 Å². The van der Waals surface area contributed by atoms with E-state index in [1.807, 2.05) is 61.5 Å². The van der Waals surface area contributed by atoms with Crippen LogP contribution in [0.4, 0.5) is 10.1 Å². The van der Waals surface area contributed by atoms with Gasteiger partial charge in [0.2, 0.25) is 12.3 Å². The molecule has 0 atom stereocenters. The van der Waals surface area contributed by atoms with Gasteiger partial charge in [-0.1, -0.05) is 30.3 Å². The average molecular weight is 729 g/mol. The molecule has 9 rings (SSSR count). The number of amides is 1. The number of piperidine rings is 1. The highest BCUT2D eigenvalue weighted by molar-refractivity contribution is 5.87. The maximum absolute atomic E-state index is 14.5. The van der Waals surface area contributed by atoms with Gasteiger partial charge >= 0.3 is 0 Å². The van der Waals surface area contributed by atoms with Crippen LogP contribution >= 0.6 is 0 Å². The van der Waals surface area contributed by atoms with Gasteiger partial charge in [-0.05, 0) is 94.2 Å². The van der Waals surface area contributed by atoms with Crippen LogP contribution in [0.25, 0.3) is 32.8 Å². The molecule has 0 unspecified atom stereocenters. The molecule has 0 aliphatic carbocycles. The van der Waals surface area contributed by atoms with Gasteiger partial charge in [0.15, 0.2) is 0 Å². The number of carbonyl (C=O) groups is 1. The lowest BCUT2D eigenvalue weighted by Crippen LogP contribution is -2.33. The smallest absolute Gasteiger partial charge is 0.213 e. The molecule has 12 heteroatoms. The van der Waals surface area contributed by atoms with E-state index in [2.05, 4.69) is 68.2 Å². The Kier molecular flexibility index (Phi) is 11.5. The van der Waals surface area contributed by atoms with Crippen LogP contribution in [0.1, 0.15) is 53.5 Å². The lowest BCUT2D eigenvalue weighted by atomic mass is 9.93. The summed E-state index contributed by atoms with van der Waals surface area (Å²) in [6.07, 6.45) is 5.26. The predicted molar refractivity (Wildman–Crippen MR) is 209 cm³/mol. The van der Waals surface area contributed by atoms with Gasteiger partial charge < -0.3 is 19.4 Å². The molecule has 278 valence electrons. The lowest BCUT2D eigenvalue weighted by Gasteiger charge is -2.31. The van der Waals surface area contributed by atoms with Crippen molar-refractivity contribution in [2.75, 3.05) is 31.6 Å². The second kappa shape index (κ2) is 17.0. The Morgan fingerprint density at radius 1 is 0.944 bits per heavy atom. The molecule has 2 saturated heterocycles. The van der Waals surface area contributed by atoms with Crippen LogP contribution in [0.3, 0.4) is 0 Å². The van der Waals surface area contributed by atoms with E-state index in [0.717, 1.165) is 95.9 Å². The zero-order valence-electron chi connectivity index (χ0n) is 30.9. The Morgan fingerprint density at radius 3 is 2.52 bits per heavy atom. The molecule has 2 N–H and O–H groups in total. The fourth-order valence-electron chi connectivity index (χ4n) is 6.73. The number of H-pyrrole nitrogens is 1. The van der Waals surface area contributed by atoms with Crippen molar-refractivity contribution in [3.63, 3.8) is 0 Å². The van der Waals surface area contributed by atoms with Crippen molar-refractivity contribution in [3.05, 3.63) is 119 Å². The normalized spacial score (nSPS) is 14.5. The Bertz CT molecular complexity index is 2360. The van der Waals surface area contributed by atoms with Crippen LogP contribution in [0, 0.1) is 19.7 Å². The highest BCUT2D eigenvalue weighted by Crippen LogP contribution is 2.30. The first kappa shape index (κ1) is 36.6. The summed E-state index contributed by atoms with van der Waals surface area (Å²) in [5.41, 5.74) is 8.47. The van der Waals surface area contributed by atoms with Crippen molar-refractivity contribution < 1.29 is 18.7 Å². The van der Waals surface area contributed by atoms with E-state index in [9.17, 15) is 9.18 Å². The van der Waals surface area contributed by atoms with Crippen molar-refractivity contribution in [2.45, 2.75) is 52.2 Å². The number of benzene rings is 3. The number of anilines is 1. The van der Waals surface area contributed by atoms with Crippen LogP contribution in [0.15, 0.2) is 85.1 Å². The van der Waals surface area contributed by atoms with Gasteiger partial charge in [0.1, 0.15) is 18.2 Å². The maximum atomic E-state index is 14.5. The maximum Gasteiger partial charge on any atom is 0.213 e. The van der Waals surface area contributed by atoms with E-state index in [1.165, 1.54) is 23.7 Å². The van der Waals surface area contributed by atoms with E-state index < -0.39 is 0 Å². The summed E-state index contributed by atoms with van der Waals surface area (Å²) >= 11 is 0. The first-order valence-corrected chi connectivity index (χ1v) is 18.3. The van der Waals surface area contributed by atoms with Gasteiger partial charge in [-0.3, -0.25) is 19.8 Å². The number of hydrogen-bond acceptors (Lipinski definition) is 8. The SMILES string of the molecule is C1COC1.Cc1[nH]nc2ccc(NC=O)cc12.Cc1ccc2c(c1)nc(CN1CCC(c3cccc(OCc4c(F)cnc5ccccc45)n3)CC1)n2C. The van der Waals surface area contributed by atoms with E-state index in [4.69, 9.17) is 19.4 Å². The zero-order valence-corrected chi connectivity index (χ0v) is 30.9. The summed E-state index contributed by atoms with van der Waals surface area (Å²) in [4.78, 5) is 26.5. The number of nitrogens with zero attached hydrogens (tertiary/aromatic N) is 6. The number of para-hydroxylation sites is 1. The number of ether oxygens (including phenoxy) is 2. The van der Waals surface area contributed by atoms with Crippen LogP contribution in [0.2, 0.25) is 0 Å². The number of halogens is 1. The summed E-state index contributed by atoms with van der Waals surface area (Å²) < 4.78 is 27.4. The molecule has 0 bridgehead atoms. The number of hydrogen-bond donors (Lipinski definition) is 2. The monoisotopic (exact) mass is 728 g/mol. The molecule has 6 heterocycles. The number of fused-ring (bicyclic) bond motifs is 3. The van der Waals surface area contributed by atoms with E-state index in [-0.39, 0.29) is 12.4 Å². The highest BCUT2D eigenvalue weighted by atomic mass is 19.1. The first-order valence-electron chi connectivity index (χ1n) is 18.3. The second-order valence-corrected chi connectivity index (χ2v) is 13.7. The Morgan fingerprint density at radius 2 is 1.74 bits per heavy atom. The number of rotatable bonds is 8. The van der Waals surface area contributed by atoms with Crippen LogP contribution in [-0.4, -0.2) is 67.3 Å². The standard InChI is InChI=1S/C30H30FN5O.C9H9N3O.C3H6O/c1-20-10-11-28-27(16-20)33-29(35(28)2)18-36-14-12-21(13-15-36)25-8-5-9-30(34-25)37-19-23-22-6-3-4-7-26(22)32-17-24(23)31;1-6-8-4-7(10-5-13)2-3-9(8)12-11-6;1-2-4-3-1/h3-11,16-17,21H,12-15,18-19H2,1-2H3;2-5H,1H3,(H,10,13)(H,11,12);1-3H2. The highest BCUT2D eigenvalue weighted by Gasteiger charge is 2.23. The molecule has 2 aliphatic rings. The number of likely N-dealkylation sites (tertiary alicyclic amines) is 1. The van der Waals surface area contributed by atoms with Crippen molar-refractivity contribution >= 4 is 44.9 Å². The Labute approximate surface area is 313 Å². The third-order valence-electron chi connectivity index (χ3n) is 9.99. The summed E-state index contributed by atoms with van der Waals surface area (Å²) in [7, 11) is 2.10. The molecule has 2 fully saturated rings. The molecule has 0 radical (unpaired) electrons. The molecule has 0 spiro atoms. The summed E-state index contributed by atoms with van der Waals surface area (Å²) in [6.45, 7) is 8.99. The molecule has 3 aromatic carbocycles. The first-order chi connectivity index (χ1) is 26.4. The zero-order chi connectivity index (χ0) is 37.4. The third kappa shape index (κ3) is 8.56. The molecule has 4 aromatic heterocycles. The molecule has 1 amide bonds.